The van der Waals surface area contributed by atoms with Gasteiger partial charge in [0.2, 0.25) is 0 Å². The van der Waals surface area contributed by atoms with E-state index in [0.29, 0.717) is 0 Å². The second-order valence-electron chi connectivity index (χ2n) is 8.10. The minimum Gasteiger partial charge on any atom is -0.355 e. The first-order chi connectivity index (χ1) is 15.2. The summed E-state index contributed by atoms with van der Waals surface area (Å²) in [5, 5.41) is 8.60. The highest BCUT2D eigenvalue weighted by Gasteiger charge is 2.20. The fourth-order valence-corrected chi connectivity index (χ4v) is 4.35. The Bertz CT molecular complexity index is 1400. The lowest BCUT2D eigenvalue weighted by Crippen LogP contribution is -2.30. The van der Waals surface area contributed by atoms with Crippen molar-refractivity contribution in [2.75, 3.05) is 18.0 Å². The van der Waals surface area contributed by atoms with Crippen molar-refractivity contribution in [1.82, 2.24) is 39.7 Å². The third-order valence-corrected chi connectivity index (χ3v) is 6.19. The number of anilines is 1. The predicted molar refractivity (Wildman–Crippen MR) is 120 cm³/mol. The highest BCUT2D eigenvalue weighted by Crippen LogP contribution is 2.31. The normalized spacial score (nSPS) is 14.7. The van der Waals surface area contributed by atoms with Gasteiger partial charge in [-0.15, -0.1) is 0 Å². The van der Waals surface area contributed by atoms with Crippen LogP contribution in [0.2, 0.25) is 0 Å². The number of imidazole rings is 2. The Hall–Kier alpha value is -3.75. The lowest BCUT2D eigenvalue weighted by atomic mass is 10.1. The molecule has 156 valence electrons. The third-order valence-electron chi connectivity index (χ3n) is 6.19. The average Bonchev–Trinajstić information content (AvgIpc) is 3.50. The minimum absolute atomic E-state index is 0.728. The van der Waals surface area contributed by atoms with E-state index < -0.39 is 0 Å². The van der Waals surface area contributed by atoms with Crippen LogP contribution in [0, 0.1) is 6.92 Å². The highest BCUT2D eigenvalue weighted by molar-refractivity contribution is 5.96. The van der Waals surface area contributed by atoms with Crippen molar-refractivity contribution in [2.45, 2.75) is 26.2 Å². The summed E-state index contributed by atoms with van der Waals surface area (Å²) in [6, 6.07) is 4.02. The van der Waals surface area contributed by atoms with Crippen molar-refractivity contribution >= 4 is 27.8 Å². The number of aryl methyl sites for hydroxylation is 1. The molecule has 0 atom stereocenters. The zero-order chi connectivity index (χ0) is 20.9. The van der Waals surface area contributed by atoms with Gasteiger partial charge in [0, 0.05) is 31.7 Å². The maximum absolute atomic E-state index is 4.92. The molecule has 1 saturated heterocycles. The van der Waals surface area contributed by atoms with Crippen LogP contribution in [0.5, 0.6) is 0 Å². The number of nitrogens with one attached hydrogen (secondary N) is 2. The number of rotatable bonds is 3. The Morgan fingerprint density at radius 2 is 1.87 bits per heavy atom. The van der Waals surface area contributed by atoms with Crippen LogP contribution in [0.3, 0.4) is 0 Å². The largest absolute Gasteiger partial charge is 0.355 e. The Morgan fingerprint density at radius 1 is 1.00 bits per heavy atom. The monoisotopic (exact) mass is 413 g/mol. The van der Waals surface area contributed by atoms with E-state index in [1.807, 2.05) is 49.3 Å². The van der Waals surface area contributed by atoms with E-state index in [4.69, 9.17) is 4.98 Å². The molecule has 9 heteroatoms. The van der Waals surface area contributed by atoms with Crippen LogP contribution in [-0.2, 0) is 7.05 Å². The summed E-state index contributed by atoms with van der Waals surface area (Å²) in [5.41, 5.74) is 5.33. The molecular formula is C22H23N9. The van der Waals surface area contributed by atoms with Gasteiger partial charge in [-0.3, -0.25) is 10.1 Å². The Morgan fingerprint density at radius 3 is 2.68 bits per heavy atom. The highest BCUT2D eigenvalue weighted by atomic mass is 15.2. The molecule has 0 radical (unpaired) electrons. The molecule has 0 aromatic carbocycles. The van der Waals surface area contributed by atoms with Gasteiger partial charge in [-0.2, -0.15) is 5.10 Å². The molecule has 2 N–H and O–H groups in total. The lowest BCUT2D eigenvalue weighted by Gasteiger charge is -2.27. The van der Waals surface area contributed by atoms with Gasteiger partial charge in [0.05, 0.1) is 34.8 Å². The van der Waals surface area contributed by atoms with Crippen LogP contribution in [0.4, 0.5) is 5.82 Å². The van der Waals surface area contributed by atoms with Crippen LogP contribution < -0.4 is 4.90 Å². The van der Waals surface area contributed by atoms with Crippen LogP contribution in [0.1, 0.15) is 25.1 Å². The van der Waals surface area contributed by atoms with E-state index >= 15 is 0 Å². The molecule has 5 aromatic rings. The van der Waals surface area contributed by atoms with Gasteiger partial charge in [-0.25, -0.2) is 15.0 Å². The minimum atomic E-state index is 0.728. The van der Waals surface area contributed by atoms with E-state index in [9.17, 15) is 0 Å². The molecular weight excluding hydrogens is 390 g/mol. The topological polar surface area (TPSA) is 104 Å². The quantitative estimate of drug-likeness (QED) is 0.468. The van der Waals surface area contributed by atoms with Gasteiger partial charge in [0.15, 0.2) is 11.6 Å². The Kier molecular flexibility index (Phi) is 4.02. The predicted octanol–water partition coefficient (Wildman–Crippen LogP) is 3.60. The molecule has 31 heavy (non-hydrogen) atoms. The van der Waals surface area contributed by atoms with E-state index in [-0.39, 0.29) is 0 Å². The Balaban J connectivity index is 1.47. The van der Waals surface area contributed by atoms with Crippen LogP contribution in [0.15, 0.2) is 30.7 Å². The third kappa shape index (κ3) is 2.88. The van der Waals surface area contributed by atoms with Crippen molar-refractivity contribution in [3.8, 4) is 22.9 Å². The Labute approximate surface area is 178 Å². The van der Waals surface area contributed by atoms with Crippen LogP contribution >= 0.6 is 0 Å². The van der Waals surface area contributed by atoms with E-state index in [0.717, 1.165) is 69.6 Å². The fourth-order valence-electron chi connectivity index (χ4n) is 4.35. The zero-order valence-corrected chi connectivity index (χ0v) is 17.6. The van der Waals surface area contributed by atoms with Crippen molar-refractivity contribution in [3.63, 3.8) is 0 Å². The van der Waals surface area contributed by atoms with Gasteiger partial charge in [-0.1, -0.05) is 0 Å². The number of hydrogen-bond acceptors (Lipinski definition) is 6. The molecule has 1 aliphatic heterocycles. The fraction of sp³-hybridized carbons (Fsp3) is 0.318. The number of pyridine rings is 2. The average molecular weight is 413 g/mol. The van der Waals surface area contributed by atoms with Gasteiger partial charge in [-0.05, 0) is 38.3 Å². The molecule has 0 bridgehead atoms. The molecule has 0 aliphatic carbocycles. The van der Waals surface area contributed by atoms with Crippen molar-refractivity contribution < 1.29 is 0 Å². The van der Waals surface area contributed by atoms with Crippen LogP contribution in [0.25, 0.3) is 44.8 Å². The SMILES string of the molecule is Cc1ncc(-c2cc3c(-c4nc5c(N6CCCCC6)nccc5[nH]4)n[nH]c3cn2)n1C. The van der Waals surface area contributed by atoms with Gasteiger partial charge < -0.3 is 14.5 Å². The van der Waals surface area contributed by atoms with Crippen molar-refractivity contribution in [3.05, 3.63) is 36.5 Å². The molecule has 0 spiro atoms. The summed E-state index contributed by atoms with van der Waals surface area (Å²) in [5.74, 6) is 2.62. The number of piperidine rings is 1. The van der Waals surface area contributed by atoms with Crippen molar-refractivity contribution in [1.29, 1.82) is 0 Å². The van der Waals surface area contributed by atoms with Crippen LogP contribution in [-0.4, -0.2) is 52.8 Å². The summed E-state index contributed by atoms with van der Waals surface area (Å²) in [4.78, 5) is 24.3. The number of aromatic nitrogens is 8. The first-order valence-corrected chi connectivity index (χ1v) is 10.6. The second kappa shape index (κ2) is 6.90. The first-order valence-electron chi connectivity index (χ1n) is 10.6. The van der Waals surface area contributed by atoms with E-state index in [1.54, 1.807) is 0 Å². The number of nitrogens with zero attached hydrogens (tertiary/aromatic N) is 7. The van der Waals surface area contributed by atoms with E-state index in [1.165, 1.54) is 19.3 Å². The summed E-state index contributed by atoms with van der Waals surface area (Å²) in [6.07, 6.45) is 9.19. The molecule has 6 rings (SSSR count). The standard InChI is InChI=1S/C22H23N9/c1-13-24-12-18(30(13)2)16-10-14-17(11-25-16)28-29-19(14)21-26-15-6-7-23-22(20(15)27-21)31-8-4-3-5-9-31/h6-7,10-12H,3-5,8-9H2,1-2H3,(H,26,27)(H,28,29). The zero-order valence-electron chi connectivity index (χ0n) is 17.6. The van der Waals surface area contributed by atoms with Gasteiger partial charge in [0.1, 0.15) is 17.0 Å². The molecule has 0 unspecified atom stereocenters. The summed E-state index contributed by atoms with van der Waals surface area (Å²) >= 11 is 0. The molecule has 1 aliphatic rings. The smallest absolute Gasteiger partial charge is 0.159 e. The van der Waals surface area contributed by atoms with E-state index in [2.05, 4.69) is 35.0 Å². The molecule has 0 amide bonds. The lowest BCUT2D eigenvalue weighted by molar-refractivity contribution is 0.574. The number of hydrogen-bond donors (Lipinski definition) is 2. The second-order valence-corrected chi connectivity index (χ2v) is 8.10. The number of fused-ring (bicyclic) bond motifs is 2. The maximum Gasteiger partial charge on any atom is 0.159 e. The summed E-state index contributed by atoms with van der Waals surface area (Å²) in [7, 11) is 1.99. The first kappa shape index (κ1) is 18.1. The van der Waals surface area contributed by atoms with Gasteiger partial charge >= 0.3 is 0 Å². The van der Waals surface area contributed by atoms with Crippen molar-refractivity contribution in [2.24, 2.45) is 7.05 Å². The summed E-state index contributed by atoms with van der Waals surface area (Å²) < 4.78 is 2.03. The summed E-state index contributed by atoms with van der Waals surface area (Å²) in [6.45, 7) is 4.03. The van der Waals surface area contributed by atoms with Gasteiger partial charge in [0.25, 0.3) is 0 Å². The number of H-pyrrole nitrogens is 2. The molecule has 1 fully saturated rings. The molecule has 5 aromatic heterocycles. The molecule has 9 nitrogen and oxygen atoms in total. The molecule has 6 heterocycles. The molecule has 0 saturated carbocycles. The number of aromatic amines is 2. The maximum atomic E-state index is 4.92.